The van der Waals surface area contributed by atoms with Crippen LogP contribution in [0.2, 0.25) is 0 Å². The van der Waals surface area contributed by atoms with Crippen molar-refractivity contribution in [3.05, 3.63) is 0 Å². The van der Waals surface area contributed by atoms with E-state index < -0.39 is 24.9 Å². The highest BCUT2D eigenvalue weighted by molar-refractivity contribution is 4.76. The first-order valence-corrected chi connectivity index (χ1v) is 4.49. The third-order valence-electron chi connectivity index (χ3n) is 1.76. The van der Waals surface area contributed by atoms with Crippen LogP contribution in [-0.2, 0) is 0 Å². The Labute approximate surface area is 78.0 Å². The van der Waals surface area contributed by atoms with Crippen molar-refractivity contribution in [2.75, 3.05) is 19.7 Å². The summed E-state index contributed by atoms with van der Waals surface area (Å²) in [6.45, 7) is 2.40. The predicted octanol–water partition coefficient (Wildman–Crippen LogP) is -1.94. The summed E-state index contributed by atoms with van der Waals surface area (Å²) in [5, 5.41) is 38.8. The van der Waals surface area contributed by atoms with Gasteiger partial charge in [0.1, 0.15) is 12.2 Å². The molecule has 0 aromatic carbocycles. The molecule has 5 N–H and O–H groups in total. The Morgan fingerprint density at radius 2 is 1.77 bits per heavy atom. The van der Waals surface area contributed by atoms with E-state index in [1.54, 1.807) is 0 Å². The second-order valence-corrected chi connectivity index (χ2v) is 3.01. The lowest BCUT2D eigenvalue weighted by atomic mass is 10.1. The van der Waals surface area contributed by atoms with E-state index >= 15 is 0 Å². The second-order valence-electron chi connectivity index (χ2n) is 3.01. The SMILES string of the molecule is CCCNCC(O)C(O)C(O)CO. The largest absolute Gasteiger partial charge is 0.394 e. The molecule has 0 heterocycles. The molecule has 0 aromatic heterocycles. The molecule has 0 amide bonds. The third-order valence-corrected chi connectivity index (χ3v) is 1.76. The van der Waals surface area contributed by atoms with Crippen LogP contribution in [0.1, 0.15) is 13.3 Å². The van der Waals surface area contributed by atoms with E-state index in [2.05, 4.69) is 5.32 Å². The summed E-state index contributed by atoms with van der Waals surface area (Å²) in [6, 6.07) is 0. The predicted molar refractivity (Wildman–Crippen MR) is 48.3 cm³/mol. The highest BCUT2D eigenvalue weighted by Crippen LogP contribution is 1.98. The van der Waals surface area contributed by atoms with Crippen LogP contribution in [-0.4, -0.2) is 58.4 Å². The maximum atomic E-state index is 9.26. The van der Waals surface area contributed by atoms with E-state index in [1.165, 1.54) is 0 Å². The molecule has 0 radical (unpaired) electrons. The Morgan fingerprint density at radius 1 is 1.15 bits per heavy atom. The molecule has 0 aliphatic heterocycles. The monoisotopic (exact) mass is 193 g/mol. The first kappa shape index (κ1) is 12.8. The van der Waals surface area contributed by atoms with E-state index in [1.807, 2.05) is 6.92 Å². The molecule has 3 unspecified atom stereocenters. The molecule has 5 nitrogen and oxygen atoms in total. The van der Waals surface area contributed by atoms with Gasteiger partial charge in [0.2, 0.25) is 0 Å². The average molecular weight is 193 g/mol. The van der Waals surface area contributed by atoms with Gasteiger partial charge in [-0.25, -0.2) is 0 Å². The van der Waals surface area contributed by atoms with Crippen molar-refractivity contribution in [2.24, 2.45) is 0 Å². The van der Waals surface area contributed by atoms with Crippen LogP contribution < -0.4 is 5.32 Å². The number of aliphatic hydroxyl groups excluding tert-OH is 4. The van der Waals surface area contributed by atoms with Crippen LogP contribution in [0.25, 0.3) is 0 Å². The molecular formula is C8H19NO4. The fourth-order valence-corrected chi connectivity index (χ4v) is 0.912. The zero-order chi connectivity index (χ0) is 10.3. The Balaban J connectivity index is 3.62. The highest BCUT2D eigenvalue weighted by Gasteiger charge is 2.23. The zero-order valence-corrected chi connectivity index (χ0v) is 7.85. The molecular weight excluding hydrogens is 174 g/mol. The number of rotatable bonds is 7. The lowest BCUT2D eigenvalue weighted by Crippen LogP contribution is -2.44. The Bertz CT molecular complexity index is 123. The van der Waals surface area contributed by atoms with Gasteiger partial charge in [0.05, 0.1) is 12.7 Å². The summed E-state index contributed by atoms with van der Waals surface area (Å²) in [5.74, 6) is 0. The van der Waals surface area contributed by atoms with Crippen molar-refractivity contribution in [1.82, 2.24) is 5.32 Å². The zero-order valence-electron chi connectivity index (χ0n) is 7.85. The number of nitrogens with one attached hydrogen (secondary N) is 1. The summed E-state index contributed by atoms with van der Waals surface area (Å²) in [5.41, 5.74) is 0. The topological polar surface area (TPSA) is 93.0 Å². The minimum Gasteiger partial charge on any atom is -0.394 e. The Morgan fingerprint density at radius 3 is 2.23 bits per heavy atom. The minimum atomic E-state index is -1.30. The maximum absolute atomic E-state index is 9.26. The maximum Gasteiger partial charge on any atom is 0.109 e. The molecule has 5 heteroatoms. The van der Waals surface area contributed by atoms with Gasteiger partial charge in [0.25, 0.3) is 0 Å². The van der Waals surface area contributed by atoms with Crippen molar-refractivity contribution >= 4 is 0 Å². The highest BCUT2D eigenvalue weighted by atomic mass is 16.4. The fraction of sp³-hybridized carbons (Fsp3) is 1.00. The van der Waals surface area contributed by atoms with E-state index in [0.29, 0.717) is 0 Å². The number of aliphatic hydroxyl groups is 4. The molecule has 0 fully saturated rings. The van der Waals surface area contributed by atoms with E-state index in [0.717, 1.165) is 13.0 Å². The van der Waals surface area contributed by atoms with E-state index in [4.69, 9.17) is 10.2 Å². The van der Waals surface area contributed by atoms with Crippen LogP contribution in [0, 0.1) is 0 Å². The van der Waals surface area contributed by atoms with E-state index in [-0.39, 0.29) is 6.54 Å². The number of hydrogen-bond acceptors (Lipinski definition) is 5. The molecule has 0 aliphatic carbocycles. The van der Waals surface area contributed by atoms with Crippen molar-refractivity contribution < 1.29 is 20.4 Å². The molecule has 0 spiro atoms. The standard InChI is InChI=1S/C8H19NO4/c1-2-3-9-4-6(11)8(13)7(12)5-10/h6-13H,2-5H2,1H3. The second kappa shape index (κ2) is 7.23. The lowest BCUT2D eigenvalue weighted by molar-refractivity contribution is -0.0749. The summed E-state index contributed by atoms with van der Waals surface area (Å²) in [4.78, 5) is 0. The molecule has 0 rings (SSSR count). The first-order chi connectivity index (χ1) is 6.13. The van der Waals surface area contributed by atoms with Gasteiger partial charge in [-0.05, 0) is 13.0 Å². The summed E-state index contributed by atoms with van der Waals surface area (Å²) in [6.07, 6.45) is -2.69. The summed E-state index contributed by atoms with van der Waals surface area (Å²) in [7, 11) is 0. The van der Waals surface area contributed by atoms with Gasteiger partial charge in [0, 0.05) is 6.54 Å². The van der Waals surface area contributed by atoms with Gasteiger partial charge in [-0.2, -0.15) is 0 Å². The van der Waals surface area contributed by atoms with Gasteiger partial charge < -0.3 is 25.7 Å². The van der Waals surface area contributed by atoms with Gasteiger partial charge in [-0.15, -0.1) is 0 Å². The number of hydrogen-bond donors (Lipinski definition) is 5. The van der Waals surface area contributed by atoms with Crippen molar-refractivity contribution in [3.63, 3.8) is 0 Å². The molecule has 0 saturated heterocycles. The van der Waals surface area contributed by atoms with Crippen molar-refractivity contribution in [2.45, 2.75) is 31.7 Å². The van der Waals surface area contributed by atoms with Gasteiger partial charge in [0.15, 0.2) is 0 Å². The molecule has 3 atom stereocenters. The summed E-state index contributed by atoms with van der Waals surface area (Å²) >= 11 is 0. The van der Waals surface area contributed by atoms with Gasteiger partial charge in [-0.3, -0.25) is 0 Å². The van der Waals surface area contributed by atoms with Gasteiger partial charge in [-0.1, -0.05) is 6.92 Å². The van der Waals surface area contributed by atoms with Crippen LogP contribution in [0.5, 0.6) is 0 Å². The summed E-state index contributed by atoms with van der Waals surface area (Å²) < 4.78 is 0. The lowest BCUT2D eigenvalue weighted by Gasteiger charge is -2.21. The minimum absolute atomic E-state index is 0.214. The normalized spacial score (nSPS) is 18.2. The average Bonchev–Trinajstić information content (AvgIpc) is 2.15. The molecule has 0 aromatic rings. The third kappa shape index (κ3) is 5.17. The molecule has 0 aliphatic rings. The van der Waals surface area contributed by atoms with Crippen LogP contribution in [0.15, 0.2) is 0 Å². The van der Waals surface area contributed by atoms with Crippen LogP contribution in [0.3, 0.4) is 0 Å². The smallest absolute Gasteiger partial charge is 0.109 e. The molecule has 13 heavy (non-hydrogen) atoms. The molecule has 0 bridgehead atoms. The molecule has 0 saturated carbocycles. The Kier molecular flexibility index (Phi) is 7.12. The van der Waals surface area contributed by atoms with Crippen LogP contribution in [0.4, 0.5) is 0 Å². The van der Waals surface area contributed by atoms with Crippen LogP contribution >= 0.6 is 0 Å². The first-order valence-electron chi connectivity index (χ1n) is 4.49. The van der Waals surface area contributed by atoms with E-state index in [9.17, 15) is 10.2 Å². The van der Waals surface area contributed by atoms with Crippen molar-refractivity contribution in [1.29, 1.82) is 0 Å². The van der Waals surface area contributed by atoms with Crippen molar-refractivity contribution in [3.8, 4) is 0 Å². The quantitative estimate of drug-likeness (QED) is 0.303. The molecule has 80 valence electrons. The van der Waals surface area contributed by atoms with Gasteiger partial charge >= 0.3 is 0 Å². The fourth-order valence-electron chi connectivity index (χ4n) is 0.912. The Hall–Kier alpha value is -0.200.